The molecule has 0 N–H and O–H groups in total. The monoisotopic (exact) mass is 673 g/mol. The van der Waals surface area contributed by atoms with Crippen LogP contribution in [0.3, 0.4) is 0 Å². The zero-order valence-corrected chi connectivity index (χ0v) is 30.1. The molecule has 0 saturated carbocycles. The van der Waals surface area contributed by atoms with Crippen LogP contribution >= 0.6 is 0 Å². The van der Waals surface area contributed by atoms with Crippen LogP contribution in [0.4, 0.5) is 11.4 Å². The fourth-order valence-corrected chi connectivity index (χ4v) is 9.02. The molecule has 0 amide bonds. The second-order valence-electron chi connectivity index (χ2n) is 14.3. The summed E-state index contributed by atoms with van der Waals surface area (Å²) in [7, 11) is 1.76. The third-order valence-corrected chi connectivity index (χ3v) is 11.3. The quantitative estimate of drug-likeness (QED) is 0.186. The van der Waals surface area contributed by atoms with Crippen molar-refractivity contribution in [2.75, 3.05) is 12.0 Å². The number of methoxy groups -OCH3 is 1. The molecule has 4 heteroatoms. The lowest BCUT2D eigenvalue weighted by Crippen LogP contribution is -2.21. The number of hydrogen-bond acceptors (Lipinski definition) is 2. The summed E-state index contributed by atoms with van der Waals surface area (Å²) >= 11 is 0. The van der Waals surface area contributed by atoms with Crippen molar-refractivity contribution < 1.29 is 4.74 Å². The summed E-state index contributed by atoms with van der Waals surface area (Å²) in [4.78, 5) is 2.51. The van der Waals surface area contributed by atoms with E-state index >= 15 is 0 Å². The number of aromatic nitrogens is 2. The summed E-state index contributed by atoms with van der Waals surface area (Å²) < 4.78 is 11.0. The summed E-state index contributed by atoms with van der Waals surface area (Å²) in [5.41, 5.74) is 11.9. The van der Waals surface area contributed by atoms with Gasteiger partial charge in [0.05, 0.1) is 34.9 Å². The average molecular weight is 674 g/mol. The molecule has 252 valence electrons. The molecule has 7 aromatic carbocycles. The molecular formula is C48H39N3O. The van der Waals surface area contributed by atoms with Crippen molar-refractivity contribution in [1.82, 2.24) is 9.13 Å². The van der Waals surface area contributed by atoms with E-state index in [1.165, 1.54) is 82.0 Å². The van der Waals surface area contributed by atoms with Crippen molar-refractivity contribution in [2.45, 2.75) is 33.9 Å². The lowest BCUT2D eigenvalue weighted by molar-refractivity contribution is 0.411. The predicted octanol–water partition coefficient (Wildman–Crippen LogP) is 12.9. The molecule has 1 aliphatic heterocycles. The van der Waals surface area contributed by atoms with Gasteiger partial charge in [0, 0.05) is 38.5 Å². The van der Waals surface area contributed by atoms with Crippen molar-refractivity contribution in [3.05, 3.63) is 156 Å². The Balaban J connectivity index is 1.55. The summed E-state index contributed by atoms with van der Waals surface area (Å²) in [6, 6.07) is 51.7. The Labute approximate surface area is 303 Å². The number of anilines is 2. The molecule has 0 saturated heterocycles. The van der Waals surface area contributed by atoms with Gasteiger partial charge in [-0.3, -0.25) is 0 Å². The molecule has 2 aromatic heterocycles. The van der Waals surface area contributed by atoms with E-state index in [-0.39, 0.29) is 6.17 Å². The van der Waals surface area contributed by atoms with Gasteiger partial charge in [-0.05, 0) is 97.3 Å². The molecular weight excluding hydrogens is 635 g/mol. The minimum absolute atomic E-state index is 0.0746. The van der Waals surface area contributed by atoms with Crippen LogP contribution in [0, 0.1) is 20.8 Å². The van der Waals surface area contributed by atoms with Crippen LogP contribution in [0.5, 0.6) is 5.75 Å². The number of para-hydroxylation sites is 1. The van der Waals surface area contributed by atoms with Gasteiger partial charge < -0.3 is 18.8 Å². The topological polar surface area (TPSA) is 22.3 Å². The summed E-state index contributed by atoms with van der Waals surface area (Å²) in [5.74, 6) is 0.888. The van der Waals surface area contributed by atoms with Gasteiger partial charge in [-0.25, -0.2) is 0 Å². The molecule has 0 aliphatic carbocycles. The standard InChI is InChI=1S/C48H39N3O/c1-29-13-10-14-33(27-29)51-43-26-23-30(2)28-41(43)40-25-24-39-37-18-9-7-16-35(37)34-15-6-8-17-36(34)38-19-11-21-44-46(38)50(47(39)48(40)51)32(4)49(44)42-20-12-22-45(52-5)31(42)3/h6-28,32H,1-5H3/t32-/m1/s1. The van der Waals surface area contributed by atoms with Crippen LogP contribution in [-0.4, -0.2) is 16.2 Å². The third-order valence-electron chi connectivity index (χ3n) is 11.3. The zero-order chi connectivity index (χ0) is 35.2. The largest absolute Gasteiger partial charge is 0.496 e. The number of hydrogen-bond donors (Lipinski definition) is 0. The van der Waals surface area contributed by atoms with Crippen LogP contribution in [-0.2, 0) is 0 Å². The van der Waals surface area contributed by atoms with Crippen LogP contribution < -0.4 is 9.64 Å². The fraction of sp³-hybridized carbons (Fsp3) is 0.125. The van der Waals surface area contributed by atoms with E-state index in [0.29, 0.717) is 0 Å². The lowest BCUT2D eigenvalue weighted by Gasteiger charge is -2.29. The van der Waals surface area contributed by atoms with Gasteiger partial charge >= 0.3 is 0 Å². The number of ether oxygens (including phenoxy) is 1. The maximum Gasteiger partial charge on any atom is 0.123 e. The minimum atomic E-state index is -0.0746. The Kier molecular flexibility index (Phi) is 6.68. The van der Waals surface area contributed by atoms with Crippen molar-refractivity contribution in [3.8, 4) is 11.4 Å². The number of benzene rings is 7. The van der Waals surface area contributed by atoms with Crippen LogP contribution in [0.25, 0.3) is 70.8 Å². The highest BCUT2D eigenvalue weighted by Crippen LogP contribution is 2.50. The predicted molar refractivity (Wildman–Crippen MR) is 220 cm³/mol. The second kappa shape index (κ2) is 11.4. The first kappa shape index (κ1) is 30.6. The summed E-state index contributed by atoms with van der Waals surface area (Å²) in [6.45, 7) is 8.90. The van der Waals surface area contributed by atoms with Gasteiger partial charge in [-0.1, -0.05) is 103 Å². The van der Waals surface area contributed by atoms with Gasteiger partial charge in [-0.2, -0.15) is 0 Å². The summed E-state index contributed by atoms with van der Waals surface area (Å²) in [5, 5.41) is 9.86. The number of rotatable bonds is 3. The number of fused-ring (bicyclic) bond motifs is 11. The normalized spacial score (nSPS) is 14.0. The minimum Gasteiger partial charge on any atom is -0.496 e. The second-order valence-corrected chi connectivity index (χ2v) is 14.3. The first-order valence-corrected chi connectivity index (χ1v) is 18.1. The smallest absolute Gasteiger partial charge is 0.123 e. The Hall–Kier alpha value is -6.26. The molecule has 0 radical (unpaired) electrons. The van der Waals surface area contributed by atoms with Crippen molar-refractivity contribution >= 4 is 76.5 Å². The SMILES string of the molecule is COc1cccc(N2c3cccc4c5ccccc5c5ccccc5c5ccc6c7cc(C)ccc7n(-c7cccc(C)c7)c6c5n(c34)[C@@H]2C)c1C. The van der Waals surface area contributed by atoms with Crippen LogP contribution in [0.1, 0.15) is 29.8 Å². The van der Waals surface area contributed by atoms with E-state index < -0.39 is 0 Å². The van der Waals surface area contributed by atoms with E-state index in [0.717, 1.165) is 22.7 Å². The Morgan fingerprint density at radius 3 is 1.75 bits per heavy atom. The van der Waals surface area contributed by atoms with Gasteiger partial charge in [0.1, 0.15) is 11.9 Å². The average Bonchev–Trinajstić information content (AvgIpc) is 3.66. The van der Waals surface area contributed by atoms with Gasteiger partial charge in [0.25, 0.3) is 0 Å². The van der Waals surface area contributed by atoms with Gasteiger partial charge in [0.2, 0.25) is 0 Å². The zero-order valence-electron chi connectivity index (χ0n) is 30.1. The molecule has 0 spiro atoms. The molecule has 3 heterocycles. The maximum absolute atomic E-state index is 5.89. The molecule has 10 rings (SSSR count). The fourth-order valence-electron chi connectivity index (χ4n) is 9.02. The Morgan fingerprint density at radius 2 is 1.06 bits per heavy atom. The highest BCUT2D eigenvalue weighted by Gasteiger charge is 2.32. The maximum atomic E-state index is 5.89. The van der Waals surface area contributed by atoms with Crippen molar-refractivity contribution in [2.24, 2.45) is 0 Å². The number of nitrogens with zero attached hydrogens (tertiary/aromatic N) is 3. The molecule has 52 heavy (non-hydrogen) atoms. The molecule has 0 fully saturated rings. The number of aryl methyl sites for hydroxylation is 2. The van der Waals surface area contributed by atoms with Gasteiger partial charge in [0.15, 0.2) is 0 Å². The van der Waals surface area contributed by atoms with E-state index in [9.17, 15) is 0 Å². The van der Waals surface area contributed by atoms with Crippen LogP contribution in [0.2, 0.25) is 0 Å². The molecule has 0 unspecified atom stereocenters. The molecule has 1 atom stereocenters. The Bertz CT molecular complexity index is 3020. The van der Waals surface area contributed by atoms with E-state index in [1.54, 1.807) is 7.11 Å². The third kappa shape index (κ3) is 4.21. The lowest BCUT2D eigenvalue weighted by atomic mass is 10.0. The first-order valence-electron chi connectivity index (χ1n) is 18.1. The van der Waals surface area contributed by atoms with E-state index in [4.69, 9.17) is 4.74 Å². The van der Waals surface area contributed by atoms with E-state index in [1.807, 2.05) is 0 Å². The highest BCUT2D eigenvalue weighted by molar-refractivity contribution is 6.26. The van der Waals surface area contributed by atoms with Crippen molar-refractivity contribution in [1.29, 1.82) is 0 Å². The molecule has 1 aliphatic rings. The molecule has 0 bridgehead atoms. The molecule has 4 nitrogen and oxygen atoms in total. The summed E-state index contributed by atoms with van der Waals surface area (Å²) in [6.07, 6.45) is -0.0746. The Morgan fingerprint density at radius 1 is 0.481 bits per heavy atom. The van der Waals surface area contributed by atoms with E-state index in [2.05, 4.69) is 181 Å². The van der Waals surface area contributed by atoms with Crippen LogP contribution in [0.15, 0.2) is 140 Å². The molecule has 9 aromatic rings. The highest BCUT2D eigenvalue weighted by atomic mass is 16.5. The first-order chi connectivity index (χ1) is 25.4. The van der Waals surface area contributed by atoms with Gasteiger partial charge in [-0.15, -0.1) is 0 Å². The van der Waals surface area contributed by atoms with Crippen molar-refractivity contribution in [3.63, 3.8) is 0 Å².